The van der Waals surface area contributed by atoms with Crippen molar-refractivity contribution in [3.05, 3.63) is 40.4 Å². The van der Waals surface area contributed by atoms with Gasteiger partial charge in [-0.05, 0) is 42.1 Å². The molecular weight excluding hydrogens is 388 g/mol. The number of morpholine rings is 1. The van der Waals surface area contributed by atoms with Crippen LogP contribution in [0.15, 0.2) is 34.4 Å². The van der Waals surface area contributed by atoms with E-state index in [1.807, 2.05) is 25.4 Å². The Balaban J connectivity index is 1.76. The fraction of sp³-hybridized carbons (Fsp3) is 0.450. The molecule has 1 aromatic heterocycles. The zero-order valence-corrected chi connectivity index (χ0v) is 17.5. The van der Waals surface area contributed by atoms with Crippen LogP contribution >= 0.6 is 11.8 Å². The summed E-state index contributed by atoms with van der Waals surface area (Å²) in [5.41, 5.74) is 3.53. The number of hydrogen-bond donors (Lipinski definition) is 0. The van der Waals surface area contributed by atoms with Crippen LogP contribution in [0.1, 0.15) is 11.3 Å². The Kier molecular flexibility index (Phi) is 6.05. The van der Waals surface area contributed by atoms with Crippen LogP contribution in [-0.4, -0.2) is 66.2 Å². The topological polar surface area (TPSA) is 83.3 Å². The van der Waals surface area contributed by atoms with E-state index < -0.39 is 0 Å². The summed E-state index contributed by atoms with van der Waals surface area (Å²) >= 11 is 1.65. The zero-order valence-electron chi connectivity index (χ0n) is 16.7. The summed E-state index contributed by atoms with van der Waals surface area (Å²) < 4.78 is 5.53. The first-order valence-electron chi connectivity index (χ1n) is 9.65. The zero-order chi connectivity index (χ0) is 20.2. The quantitative estimate of drug-likeness (QED) is 0.435. The van der Waals surface area contributed by atoms with Gasteiger partial charge in [0, 0.05) is 37.8 Å². The number of amidine groups is 1. The highest BCUT2D eigenvalue weighted by molar-refractivity contribution is 8.13. The Morgan fingerprint density at radius 2 is 1.90 bits per heavy atom. The SMILES string of the molecule is C/N=C(\SC)N1CCc2c(nc(-c3ccc(N=O)cc3)nc2N2CCOCC2)C1. The Labute approximate surface area is 174 Å². The van der Waals surface area contributed by atoms with Crippen LogP contribution in [0.25, 0.3) is 11.4 Å². The fourth-order valence-electron chi connectivity index (χ4n) is 3.77. The second-order valence-electron chi connectivity index (χ2n) is 6.92. The largest absolute Gasteiger partial charge is 0.378 e. The van der Waals surface area contributed by atoms with Gasteiger partial charge in [-0.2, -0.15) is 0 Å². The number of benzene rings is 1. The van der Waals surface area contributed by atoms with Crippen LogP contribution in [0.2, 0.25) is 0 Å². The molecule has 0 unspecified atom stereocenters. The smallest absolute Gasteiger partial charge is 0.161 e. The number of aliphatic imine (C=N–C) groups is 1. The molecule has 29 heavy (non-hydrogen) atoms. The monoisotopic (exact) mass is 412 g/mol. The highest BCUT2D eigenvalue weighted by Gasteiger charge is 2.27. The summed E-state index contributed by atoms with van der Waals surface area (Å²) in [6.45, 7) is 4.68. The normalized spacial score (nSPS) is 17.2. The van der Waals surface area contributed by atoms with Gasteiger partial charge in [-0.15, -0.1) is 4.91 Å². The van der Waals surface area contributed by atoms with Gasteiger partial charge in [0.05, 0.1) is 25.5 Å². The molecule has 2 aliphatic rings. The third-order valence-corrected chi connectivity index (χ3v) is 6.04. The van der Waals surface area contributed by atoms with Gasteiger partial charge < -0.3 is 14.5 Å². The lowest BCUT2D eigenvalue weighted by molar-refractivity contribution is 0.122. The highest BCUT2D eigenvalue weighted by Crippen LogP contribution is 2.31. The summed E-state index contributed by atoms with van der Waals surface area (Å²) in [4.78, 5) is 29.6. The van der Waals surface area contributed by atoms with E-state index >= 15 is 0 Å². The van der Waals surface area contributed by atoms with Crippen LogP contribution in [0.3, 0.4) is 0 Å². The second-order valence-corrected chi connectivity index (χ2v) is 7.69. The van der Waals surface area contributed by atoms with E-state index in [0.29, 0.717) is 31.3 Å². The number of anilines is 1. The van der Waals surface area contributed by atoms with E-state index in [0.717, 1.165) is 48.3 Å². The molecule has 1 fully saturated rings. The first kappa shape index (κ1) is 19.8. The van der Waals surface area contributed by atoms with Gasteiger partial charge in [0.1, 0.15) is 11.5 Å². The molecule has 0 amide bonds. The Morgan fingerprint density at radius 3 is 2.55 bits per heavy atom. The van der Waals surface area contributed by atoms with Crippen molar-refractivity contribution in [3.8, 4) is 11.4 Å². The molecule has 2 aliphatic heterocycles. The van der Waals surface area contributed by atoms with Crippen molar-refractivity contribution in [2.45, 2.75) is 13.0 Å². The lowest BCUT2D eigenvalue weighted by Gasteiger charge is -2.35. The molecule has 0 saturated carbocycles. The van der Waals surface area contributed by atoms with Crippen molar-refractivity contribution in [1.29, 1.82) is 0 Å². The van der Waals surface area contributed by atoms with Crippen molar-refractivity contribution >= 4 is 28.4 Å². The molecule has 3 heterocycles. The van der Waals surface area contributed by atoms with E-state index in [9.17, 15) is 4.91 Å². The maximum atomic E-state index is 10.7. The summed E-state index contributed by atoms with van der Waals surface area (Å²) in [6.07, 6.45) is 2.93. The molecule has 2 aromatic rings. The van der Waals surface area contributed by atoms with Gasteiger partial charge in [-0.25, -0.2) is 9.97 Å². The molecule has 0 radical (unpaired) electrons. The predicted molar refractivity (Wildman–Crippen MR) is 117 cm³/mol. The second kappa shape index (κ2) is 8.87. The lowest BCUT2D eigenvalue weighted by atomic mass is 10.0. The molecule has 4 rings (SSSR count). The Hall–Kier alpha value is -2.52. The number of fused-ring (bicyclic) bond motifs is 1. The first-order chi connectivity index (χ1) is 14.2. The van der Waals surface area contributed by atoms with Crippen LogP contribution in [0.5, 0.6) is 0 Å². The minimum Gasteiger partial charge on any atom is -0.378 e. The average Bonchev–Trinajstić information content (AvgIpc) is 2.79. The van der Waals surface area contributed by atoms with Crippen LogP contribution in [-0.2, 0) is 17.7 Å². The van der Waals surface area contributed by atoms with E-state index in [-0.39, 0.29) is 0 Å². The number of thioether (sulfide) groups is 1. The maximum Gasteiger partial charge on any atom is 0.161 e. The van der Waals surface area contributed by atoms with Crippen molar-refractivity contribution in [3.63, 3.8) is 0 Å². The van der Waals surface area contributed by atoms with Crippen molar-refractivity contribution in [2.75, 3.05) is 51.1 Å². The molecule has 9 heteroatoms. The van der Waals surface area contributed by atoms with Gasteiger partial charge in [0.25, 0.3) is 0 Å². The number of aromatic nitrogens is 2. The number of ether oxygens (including phenoxy) is 1. The Morgan fingerprint density at radius 1 is 1.14 bits per heavy atom. The number of hydrogen-bond acceptors (Lipinski definition) is 8. The molecule has 0 atom stereocenters. The van der Waals surface area contributed by atoms with Gasteiger partial charge in [-0.3, -0.25) is 4.99 Å². The summed E-state index contributed by atoms with van der Waals surface area (Å²) in [6, 6.07) is 7.09. The molecule has 1 aromatic carbocycles. The fourth-order valence-corrected chi connectivity index (χ4v) is 4.37. The summed E-state index contributed by atoms with van der Waals surface area (Å²) in [5, 5.41) is 4.00. The molecule has 1 saturated heterocycles. The number of rotatable bonds is 3. The molecule has 0 aliphatic carbocycles. The van der Waals surface area contributed by atoms with E-state index in [4.69, 9.17) is 14.7 Å². The maximum absolute atomic E-state index is 10.7. The van der Waals surface area contributed by atoms with E-state index in [2.05, 4.69) is 20.0 Å². The minimum atomic E-state index is 0.398. The third-order valence-electron chi connectivity index (χ3n) is 5.23. The molecule has 0 spiro atoms. The van der Waals surface area contributed by atoms with Crippen LogP contribution < -0.4 is 4.90 Å². The summed E-state index contributed by atoms with van der Waals surface area (Å²) in [7, 11) is 1.83. The molecule has 8 nitrogen and oxygen atoms in total. The average molecular weight is 413 g/mol. The molecule has 0 bridgehead atoms. The molecule has 0 N–H and O–H groups in total. The standard InChI is InChI=1S/C20H24N6O2S/c1-21-20(29-2)26-8-7-16-17(13-26)22-18(14-3-5-15(24-27)6-4-14)23-19(16)25-9-11-28-12-10-25/h3-6H,7-13H2,1-2H3/b21-20-. The first-order valence-corrected chi connectivity index (χ1v) is 10.9. The molecular formula is C20H24N6O2S. The van der Waals surface area contributed by atoms with Gasteiger partial charge in [-0.1, -0.05) is 11.8 Å². The molecule has 152 valence electrons. The van der Waals surface area contributed by atoms with Crippen LogP contribution in [0.4, 0.5) is 11.5 Å². The number of nitrogens with zero attached hydrogens (tertiary/aromatic N) is 6. The number of nitroso groups, excluding NO2 is 1. The van der Waals surface area contributed by atoms with Gasteiger partial charge in [0.15, 0.2) is 11.0 Å². The lowest BCUT2D eigenvalue weighted by Crippen LogP contribution is -2.40. The van der Waals surface area contributed by atoms with E-state index in [1.54, 1.807) is 23.9 Å². The minimum absolute atomic E-state index is 0.398. The third kappa shape index (κ3) is 4.11. The van der Waals surface area contributed by atoms with Crippen molar-refractivity contribution in [1.82, 2.24) is 14.9 Å². The van der Waals surface area contributed by atoms with Crippen molar-refractivity contribution in [2.24, 2.45) is 10.2 Å². The predicted octanol–water partition coefficient (Wildman–Crippen LogP) is 3.09. The Bertz CT molecular complexity index is 912. The van der Waals surface area contributed by atoms with Crippen molar-refractivity contribution < 1.29 is 4.74 Å². The van der Waals surface area contributed by atoms with E-state index in [1.165, 1.54) is 5.56 Å². The highest BCUT2D eigenvalue weighted by atomic mass is 32.2. The van der Waals surface area contributed by atoms with Gasteiger partial charge in [0.2, 0.25) is 0 Å². The summed E-state index contributed by atoms with van der Waals surface area (Å²) in [5.74, 6) is 1.67. The van der Waals surface area contributed by atoms with Gasteiger partial charge >= 0.3 is 0 Å². The van der Waals surface area contributed by atoms with Crippen LogP contribution in [0, 0.1) is 4.91 Å².